The largest absolute Gasteiger partial charge is 0.369 e. The summed E-state index contributed by atoms with van der Waals surface area (Å²) in [5.74, 6) is -1.10. The lowest BCUT2D eigenvalue weighted by Gasteiger charge is -2.15. The molecule has 0 aliphatic rings. The molecule has 0 heterocycles. The highest BCUT2D eigenvalue weighted by atomic mass is 35.5. The Morgan fingerprint density at radius 1 is 0.720 bits per heavy atom. The summed E-state index contributed by atoms with van der Waals surface area (Å²) in [6.07, 6.45) is 0. The van der Waals surface area contributed by atoms with E-state index in [4.69, 9.17) is 17.3 Å². The maximum absolute atomic E-state index is 12.5. The van der Waals surface area contributed by atoms with Gasteiger partial charge in [-0.2, -0.15) is 0 Å². The molecular formula is C21H16ClNO2. The highest BCUT2D eigenvalue weighted by Crippen LogP contribution is 2.26. The van der Waals surface area contributed by atoms with Crippen LogP contribution in [0.1, 0.15) is 33.0 Å². The molecule has 124 valence electrons. The molecule has 0 unspecified atom stereocenters. The molecule has 3 aromatic rings. The van der Waals surface area contributed by atoms with Crippen LogP contribution in [0.2, 0.25) is 5.02 Å². The summed E-state index contributed by atoms with van der Waals surface area (Å²) in [4.78, 5) is 24.4. The van der Waals surface area contributed by atoms with Crippen molar-refractivity contribution in [3.8, 4) is 0 Å². The van der Waals surface area contributed by atoms with Crippen LogP contribution in [0.5, 0.6) is 0 Å². The van der Waals surface area contributed by atoms with Crippen molar-refractivity contribution in [3.05, 3.63) is 106 Å². The van der Waals surface area contributed by atoms with E-state index in [0.717, 1.165) is 11.1 Å². The van der Waals surface area contributed by atoms with Crippen LogP contribution in [0.25, 0.3) is 0 Å². The Morgan fingerprint density at radius 3 is 1.72 bits per heavy atom. The van der Waals surface area contributed by atoms with E-state index in [1.54, 1.807) is 60.7 Å². The molecule has 0 aliphatic carbocycles. The zero-order valence-corrected chi connectivity index (χ0v) is 14.1. The van der Waals surface area contributed by atoms with Gasteiger partial charge in [-0.05, 0) is 23.3 Å². The molecular weight excluding hydrogens is 334 g/mol. The Hall–Kier alpha value is -2.91. The van der Waals surface area contributed by atoms with Crippen LogP contribution in [0, 0.1) is 0 Å². The van der Waals surface area contributed by atoms with E-state index in [0.29, 0.717) is 16.1 Å². The molecule has 3 rings (SSSR count). The summed E-state index contributed by atoms with van der Waals surface area (Å²) in [6.45, 7) is 0. The van der Waals surface area contributed by atoms with Crippen molar-refractivity contribution >= 4 is 23.3 Å². The topological polar surface area (TPSA) is 60.2 Å². The first-order valence-corrected chi connectivity index (χ1v) is 8.18. The summed E-state index contributed by atoms with van der Waals surface area (Å²) < 4.78 is 0. The molecule has 0 aliphatic heterocycles. The molecule has 3 aromatic carbocycles. The molecule has 0 fully saturated rings. The van der Waals surface area contributed by atoms with Crippen LogP contribution in [0.4, 0.5) is 0 Å². The minimum Gasteiger partial charge on any atom is -0.369 e. The lowest BCUT2D eigenvalue weighted by atomic mass is 9.89. The van der Waals surface area contributed by atoms with Gasteiger partial charge in [-0.1, -0.05) is 78.3 Å². The van der Waals surface area contributed by atoms with Gasteiger partial charge in [0.15, 0.2) is 5.78 Å². The lowest BCUT2D eigenvalue weighted by molar-refractivity contribution is -0.118. The quantitative estimate of drug-likeness (QED) is 0.702. The normalized spacial score (nSPS) is 11.7. The predicted molar refractivity (Wildman–Crippen MR) is 98.8 cm³/mol. The summed E-state index contributed by atoms with van der Waals surface area (Å²) in [5, 5.41) is 0.593. The van der Waals surface area contributed by atoms with Gasteiger partial charge in [0.1, 0.15) is 0 Å². The monoisotopic (exact) mass is 349 g/mol. The molecule has 0 saturated carbocycles. The van der Waals surface area contributed by atoms with Crippen LogP contribution in [0.3, 0.4) is 0 Å². The number of hydrogen-bond acceptors (Lipinski definition) is 2. The molecule has 4 heteroatoms. The Morgan fingerprint density at radius 2 is 1.20 bits per heavy atom. The molecule has 0 radical (unpaired) electrons. The second-order valence-corrected chi connectivity index (χ2v) is 6.14. The van der Waals surface area contributed by atoms with E-state index < -0.39 is 11.8 Å². The van der Waals surface area contributed by atoms with Gasteiger partial charge >= 0.3 is 0 Å². The Labute approximate surface area is 151 Å². The molecule has 0 aromatic heterocycles. The summed E-state index contributed by atoms with van der Waals surface area (Å²) in [6, 6.07) is 23.0. The number of primary amides is 1. The van der Waals surface area contributed by atoms with Crippen molar-refractivity contribution in [2.24, 2.45) is 5.73 Å². The van der Waals surface area contributed by atoms with Crippen LogP contribution in [-0.4, -0.2) is 11.7 Å². The van der Waals surface area contributed by atoms with Gasteiger partial charge in [0, 0.05) is 16.1 Å². The Bertz CT molecular complexity index is 887. The first kappa shape index (κ1) is 16.9. The maximum Gasteiger partial charge on any atom is 0.229 e. The van der Waals surface area contributed by atoms with Gasteiger partial charge in [-0.25, -0.2) is 0 Å². The first-order chi connectivity index (χ1) is 12.1. The maximum atomic E-state index is 12.5. The van der Waals surface area contributed by atoms with E-state index in [1.807, 2.05) is 18.2 Å². The van der Waals surface area contributed by atoms with Crippen molar-refractivity contribution in [1.82, 2.24) is 0 Å². The Balaban J connectivity index is 1.91. The molecule has 0 bridgehead atoms. The van der Waals surface area contributed by atoms with Crippen molar-refractivity contribution in [2.45, 2.75) is 5.92 Å². The highest BCUT2D eigenvalue weighted by molar-refractivity contribution is 6.30. The minimum atomic E-state index is -0.585. The van der Waals surface area contributed by atoms with Crippen molar-refractivity contribution < 1.29 is 9.59 Å². The third-order valence-corrected chi connectivity index (χ3v) is 4.28. The SMILES string of the molecule is NC(=O)[C@H](c1ccc(Cl)cc1)c1ccc(C(=O)c2ccccc2)cc1. The highest BCUT2D eigenvalue weighted by Gasteiger charge is 2.20. The van der Waals surface area contributed by atoms with E-state index in [2.05, 4.69) is 0 Å². The fourth-order valence-electron chi connectivity index (χ4n) is 2.76. The zero-order valence-electron chi connectivity index (χ0n) is 13.4. The van der Waals surface area contributed by atoms with Gasteiger partial charge in [0.25, 0.3) is 0 Å². The van der Waals surface area contributed by atoms with E-state index in [1.165, 1.54) is 0 Å². The molecule has 0 spiro atoms. The summed E-state index contributed by atoms with van der Waals surface area (Å²) in [7, 11) is 0. The van der Waals surface area contributed by atoms with E-state index in [-0.39, 0.29) is 5.78 Å². The second kappa shape index (κ2) is 7.32. The first-order valence-electron chi connectivity index (χ1n) is 7.81. The van der Waals surface area contributed by atoms with Crippen LogP contribution >= 0.6 is 11.6 Å². The van der Waals surface area contributed by atoms with E-state index >= 15 is 0 Å². The number of carbonyl (C=O) groups excluding carboxylic acids is 2. The van der Waals surface area contributed by atoms with Crippen molar-refractivity contribution in [3.63, 3.8) is 0 Å². The number of amides is 1. The third kappa shape index (κ3) is 3.78. The minimum absolute atomic E-state index is 0.0609. The van der Waals surface area contributed by atoms with Crippen molar-refractivity contribution in [2.75, 3.05) is 0 Å². The lowest BCUT2D eigenvalue weighted by Crippen LogP contribution is -2.22. The zero-order chi connectivity index (χ0) is 17.8. The third-order valence-electron chi connectivity index (χ3n) is 4.03. The number of ketones is 1. The predicted octanol–water partition coefficient (Wildman–Crippen LogP) is 4.19. The number of hydrogen-bond donors (Lipinski definition) is 1. The average Bonchev–Trinajstić information content (AvgIpc) is 2.64. The van der Waals surface area contributed by atoms with Crippen LogP contribution < -0.4 is 5.73 Å². The molecule has 25 heavy (non-hydrogen) atoms. The number of halogens is 1. The van der Waals surface area contributed by atoms with Crippen molar-refractivity contribution in [1.29, 1.82) is 0 Å². The second-order valence-electron chi connectivity index (χ2n) is 5.70. The molecule has 3 nitrogen and oxygen atoms in total. The van der Waals surface area contributed by atoms with Crippen LogP contribution in [0.15, 0.2) is 78.9 Å². The number of benzene rings is 3. The summed E-state index contributed by atoms with van der Waals surface area (Å²) >= 11 is 5.90. The standard InChI is InChI=1S/C21H16ClNO2/c22-18-12-10-15(11-13-18)19(21(23)25)14-6-8-17(9-7-14)20(24)16-4-2-1-3-5-16/h1-13,19H,(H2,23,25)/t19-/m0/s1. The fourth-order valence-corrected chi connectivity index (χ4v) is 2.89. The van der Waals surface area contributed by atoms with Gasteiger partial charge in [0.05, 0.1) is 5.92 Å². The number of carbonyl (C=O) groups is 2. The Kier molecular flexibility index (Phi) is 4.96. The summed E-state index contributed by atoms with van der Waals surface area (Å²) in [5.41, 5.74) is 8.28. The number of rotatable bonds is 5. The van der Waals surface area contributed by atoms with Gasteiger partial charge in [0.2, 0.25) is 5.91 Å². The number of nitrogens with two attached hydrogens (primary N) is 1. The van der Waals surface area contributed by atoms with Crippen LogP contribution in [-0.2, 0) is 4.79 Å². The molecule has 2 N–H and O–H groups in total. The van der Waals surface area contributed by atoms with Gasteiger partial charge < -0.3 is 5.73 Å². The molecule has 1 amide bonds. The van der Waals surface area contributed by atoms with Gasteiger partial charge in [-0.3, -0.25) is 9.59 Å². The smallest absolute Gasteiger partial charge is 0.229 e. The fraction of sp³-hybridized carbons (Fsp3) is 0.0476. The van der Waals surface area contributed by atoms with E-state index in [9.17, 15) is 9.59 Å². The molecule has 1 atom stereocenters. The van der Waals surface area contributed by atoms with Gasteiger partial charge in [-0.15, -0.1) is 0 Å². The molecule has 0 saturated heterocycles. The average molecular weight is 350 g/mol.